The standard InChI is InChI=1S/C21H17FN4O/c22-18-6-1-15(2-7-18)11-12-24-20-10-5-17(14-25-20)21(27)26-19-8-3-16(13-23)4-9-19/h1-10,14H,11-12H2,(H,24,25)(H,26,27). The molecule has 0 saturated carbocycles. The Labute approximate surface area is 156 Å². The van der Waals surface area contributed by atoms with Gasteiger partial charge in [-0.15, -0.1) is 0 Å². The molecular formula is C21H17FN4O. The number of benzene rings is 2. The van der Waals surface area contributed by atoms with Crippen molar-refractivity contribution in [1.29, 1.82) is 5.26 Å². The summed E-state index contributed by atoms with van der Waals surface area (Å²) in [6, 6.07) is 18.5. The lowest BCUT2D eigenvalue weighted by Gasteiger charge is -2.08. The Hall–Kier alpha value is -3.72. The van der Waals surface area contributed by atoms with Crippen LogP contribution in [-0.2, 0) is 6.42 Å². The van der Waals surface area contributed by atoms with Crippen molar-refractivity contribution in [2.45, 2.75) is 6.42 Å². The molecule has 1 amide bonds. The molecule has 0 atom stereocenters. The minimum absolute atomic E-state index is 0.247. The Morgan fingerprint density at radius 1 is 1.04 bits per heavy atom. The van der Waals surface area contributed by atoms with E-state index in [2.05, 4.69) is 15.6 Å². The second-order valence-electron chi connectivity index (χ2n) is 5.88. The van der Waals surface area contributed by atoms with Gasteiger partial charge in [0.15, 0.2) is 0 Å². The summed E-state index contributed by atoms with van der Waals surface area (Å²) in [5, 5.41) is 14.7. The van der Waals surface area contributed by atoms with Crippen LogP contribution in [0.4, 0.5) is 15.9 Å². The summed E-state index contributed by atoms with van der Waals surface area (Å²) in [5.74, 6) is 0.139. The van der Waals surface area contributed by atoms with E-state index in [0.717, 1.165) is 12.0 Å². The SMILES string of the molecule is N#Cc1ccc(NC(=O)c2ccc(NCCc3ccc(F)cc3)nc2)cc1. The van der Waals surface area contributed by atoms with Crippen molar-refractivity contribution < 1.29 is 9.18 Å². The Morgan fingerprint density at radius 3 is 2.41 bits per heavy atom. The normalized spacial score (nSPS) is 10.1. The fraction of sp³-hybridized carbons (Fsp3) is 0.0952. The number of nitrogens with one attached hydrogen (secondary N) is 2. The molecule has 2 N–H and O–H groups in total. The van der Waals surface area contributed by atoms with E-state index in [1.54, 1.807) is 48.5 Å². The van der Waals surface area contributed by atoms with E-state index in [-0.39, 0.29) is 11.7 Å². The van der Waals surface area contributed by atoms with Crippen molar-refractivity contribution in [2.24, 2.45) is 0 Å². The summed E-state index contributed by atoms with van der Waals surface area (Å²) in [5.41, 5.74) is 2.61. The van der Waals surface area contributed by atoms with Gasteiger partial charge in [0.05, 0.1) is 17.2 Å². The predicted molar refractivity (Wildman–Crippen MR) is 102 cm³/mol. The highest BCUT2D eigenvalue weighted by Gasteiger charge is 2.07. The summed E-state index contributed by atoms with van der Waals surface area (Å²) in [7, 11) is 0. The molecule has 0 unspecified atom stereocenters. The third kappa shape index (κ3) is 5.13. The fourth-order valence-electron chi connectivity index (χ4n) is 2.45. The number of nitrogens with zero attached hydrogens (tertiary/aromatic N) is 2. The first-order valence-electron chi connectivity index (χ1n) is 8.40. The van der Waals surface area contributed by atoms with Crippen molar-refractivity contribution in [3.8, 4) is 6.07 Å². The average Bonchev–Trinajstić information content (AvgIpc) is 2.70. The molecule has 6 heteroatoms. The van der Waals surface area contributed by atoms with Gasteiger partial charge in [0, 0.05) is 18.4 Å². The molecule has 27 heavy (non-hydrogen) atoms. The third-order valence-corrected chi connectivity index (χ3v) is 3.93. The molecule has 0 aliphatic rings. The van der Waals surface area contributed by atoms with Crippen LogP contribution in [-0.4, -0.2) is 17.4 Å². The van der Waals surface area contributed by atoms with Crippen LogP contribution >= 0.6 is 0 Å². The first-order valence-corrected chi connectivity index (χ1v) is 8.40. The number of hydrogen-bond donors (Lipinski definition) is 2. The van der Waals surface area contributed by atoms with Crippen LogP contribution in [0.3, 0.4) is 0 Å². The highest BCUT2D eigenvalue weighted by molar-refractivity contribution is 6.04. The number of rotatable bonds is 6. The number of hydrogen-bond acceptors (Lipinski definition) is 4. The lowest BCUT2D eigenvalue weighted by molar-refractivity contribution is 0.102. The third-order valence-electron chi connectivity index (χ3n) is 3.93. The average molecular weight is 360 g/mol. The van der Waals surface area contributed by atoms with E-state index in [0.29, 0.717) is 29.2 Å². The van der Waals surface area contributed by atoms with E-state index in [4.69, 9.17) is 5.26 Å². The summed E-state index contributed by atoms with van der Waals surface area (Å²) < 4.78 is 12.9. The molecule has 5 nitrogen and oxygen atoms in total. The molecule has 0 saturated heterocycles. The molecular weight excluding hydrogens is 343 g/mol. The molecule has 0 spiro atoms. The Morgan fingerprint density at radius 2 is 1.78 bits per heavy atom. The minimum Gasteiger partial charge on any atom is -0.370 e. The van der Waals surface area contributed by atoms with Crippen LogP contribution in [0.15, 0.2) is 66.9 Å². The molecule has 0 aliphatic heterocycles. The maximum atomic E-state index is 12.9. The van der Waals surface area contributed by atoms with Crippen molar-refractivity contribution in [3.05, 3.63) is 89.4 Å². The zero-order valence-electron chi connectivity index (χ0n) is 14.4. The number of anilines is 2. The maximum Gasteiger partial charge on any atom is 0.257 e. The van der Waals surface area contributed by atoms with E-state index in [1.165, 1.54) is 18.3 Å². The van der Waals surface area contributed by atoms with Crippen molar-refractivity contribution >= 4 is 17.4 Å². The van der Waals surface area contributed by atoms with E-state index >= 15 is 0 Å². The number of amides is 1. The maximum absolute atomic E-state index is 12.9. The van der Waals surface area contributed by atoms with E-state index in [9.17, 15) is 9.18 Å². The summed E-state index contributed by atoms with van der Waals surface area (Å²) >= 11 is 0. The fourth-order valence-corrected chi connectivity index (χ4v) is 2.45. The molecule has 2 aromatic carbocycles. The second-order valence-corrected chi connectivity index (χ2v) is 5.88. The van der Waals surface area contributed by atoms with Gasteiger partial charge in [0.1, 0.15) is 11.6 Å². The summed E-state index contributed by atoms with van der Waals surface area (Å²) in [6.45, 7) is 0.648. The molecule has 134 valence electrons. The molecule has 0 radical (unpaired) electrons. The van der Waals surface area contributed by atoms with Crippen molar-refractivity contribution in [3.63, 3.8) is 0 Å². The van der Waals surface area contributed by atoms with E-state index in [1.807, 2.05) is 6.07 Å². The van der Waals surface area contributed by atoms with Crippen LogP contribution in [0.2, 0.25) is 0 Å². The van der Waals surface area contributed by atoms with Crippen LogP contribution in [0.5, 0.6) is 0 Å². The quantitative estimate of drug-likeness (QED) is 0.696. The van der Waals surface area contributed by atoms with Crippen LogP contribution in [0, 0.1) is 17.1 Å². The van der Waals surface area contributed by atoms with Crippen LogP contribution in [0.1, 0.15) is 21.5 Å². The summed E-state index contributed by atoms with van der Waals surface area (Å²) in [4.78, 5) is 16.5. The Kier molecular flexibility index (Phi) is 5.75. The van der Waals surface area contributed by atoms with Crippen molar-refractivity contribution in [1.82, 2.24) is 4.98 Å². The minimum atomic E-state index is -0.273. The number of pyridine rings is 1. The number of aromatic nitrogens is 1. The molecule has 1 aromatic heterocycles. The zero-order valence-corrected chi connectivity index (χ0v) is 14.4. The Balaban J connectivity index is 1.52. The lowest BCUT2D eigenvalue weighted by Crippen LogP contribution is -2.13. The van der Waals surface area contributed by atoms with Crippen LogP contribution in [0.25, 0.3) is 0 Å². The van der Waals surface area contributed by atoms with Gasteiger partial charge in [-0.1, -0.05) is 12.1 Å². The van der Waals surface area contributed by atoms with Gasteiger partial charge in [-0.3, -0.25) is 4.79 Å². The van der Waals surface area contributed by atoms with E-state index < -0.39 is 0 Å². The molecule has 0 aliphatic carbocycles. The number of nitriles is 1. The Bertz CT molecular complexity index is 945. The highest BCUT2D eigenvalue weighted by atomic mass is 19.1. The van der Waals surface area contributed by atoms with Gasteiger partial charge in [-0.2, -0.15) is 5.26 Å². The van der Waals surface area contributed by atoms with Crippen LogP contribution < -0.4 is 10.6 Å². The van der Waals surface area contributed by atoms with Gasteiger partial charge in [0.25, 0.3) is 5.91 Å². The van der Waals surface area contributed by atoms with Gasteiger partial charge in [0.2, 0.25) is 0 Å². The number of carbonyl (C=O) groups excluding carboxylic acids is 1. The summed E-state index contributed by atoms with van der Waals surface area (Å²) in [6.07, 6.45) is 2.24. The number of carbonyl (C=O) groups is 1. The first-order chi connectivity index (χ1) is 13.1. The molecule has 0 fully saturated rings. The number of halogens is 1. The smallest absolute Gasteiger partial charge is 0.257 e. The van der Waals surface area contributed by atoms with Gasteiger partial charge in [-0.05, 0) is 60.5 Å². The predicted octanol–water partition coefficient (Wildman–Crippen LogP) is 4.00. The zero-order chi connectivity index (χ0) is 19.1. The second kappa shape index (κ2) is 8.59. The molecule has 1 heterocycles. The van der Waals surface area contributed by atoms with Gasteiger partial charge in [-0.25, -0.2) is 9.37 Å². The highest BCUT2D eigenvalue weighted by Crippen LogP contribution is 2.12. The van der Waals surface area contributed by atoms with Crippen molar-refractivity contribution in [2.75, 3.05) is 17.2 Å². The molecule has 3 aromatic rings. The van der Waals surface area contributed by atoms with Gasteiger partial charge >= 0.3 is 0 Å². The lowest BCUT2D eigenvalue weighted by atomic mass is 10.1. The monoisotopic (exact) mass is 360 g/mol. The van der Waals surface area contributed by atoms with Gasteiger partial charge < -0.3 is 10.6 Å². The molecule has 0 bridgehead atoms. The topological polar surface area (TPSA) is 77.8 Å². The first kappa shape index (κ1) is 18.1. The largest absolute Gasteiger partial charge is 0.370 e. The molecule has 3 rings (SSSR count).